The van der Waals surface area contributed by atoms with Crippen LogP contribution in [0.15, 0.2) is 36.4 Å². The molecule has 0 saturated heterocycles. The van der Waals surface area contributed by atoms with Crippen LogP contribution in [0.5, 0.6) is 0 Å². The van der Waals surface area contributed by atoms with E-state index in [1.165, 1.54) is 18.2 Å². The van der Waals surface area contributed by atoms with Crippen LogP contribution in [0, 0.1) is 6.92 Å². The van der Waals surface area contributed by atoms with Gasteiger partial charge in [0.15, 0.2) is 0 Å². The molecule has 0 aliphatic carbocycles. The number of carbonyl (C=O) groups is 2. The number of benzene rings is 2. The number of anilines is 2. The van der Waals surface area contributed by atoms with Gasteiger partial charge in [0.05, 0.1) is 0 Å². The molecule has 0 bridgehead atoms. The van der Waals surface area contributed by atoms with Crippen molar-refractivity contribution in [1.82, 2.24) is 0 Å². The Labute approximate surface area is 142 Å². The van der Waals surface area contributed by atoms with Crippen molar-refractivity contribution in [3.8, 4) is 0 Å². The zero-order valence-corrected chi connectivity index (χ0v) is 13.7. The summed E-state index contributed by atoms with van der Waals surface area (Å²) >= 11 is 17.5. The summed E-state index contributed by atoms with van der Waals surface area (Å²) in [6, 6.07) is 9.51. The van der Waals surface area contributed by atoms with Crippen molar-refractivity contribution in [2.24, 2.45) is 0 Å². The summed E-state index contributed by atoms with van der Waals surface area (Å²) in [5.41, 5.74) is 1.59. The van der Waals surface area contributed by atoms with E-state index in [-0.39, 0.29) is 0 Å². The van der Waals surface area contributed by atoms with E-state index in [1.807, 2.05) is 0 Å². The molecule has 0 heterocycles. The second-order valence-corrected chi connectivity index (χ2v) is 5.83. The molecule has 4 nitrogen and oxygen atoms in total. The van der Waals surface area contributed by atoms with Gasteiger partial charge in [-0.3, -0.25) is 9.59 Å². The fourth-order valence-electron chi connectivity index (χ4n) is 1.72. The monoisotopic (exact) mass is 356 g/mol. The van der Waals surface area contributed by atoms with Crippen molar-refractivity contribution in [2.45, 2.75) is 6.92 Å². The number of carbonyl (C=O) groups excluding carboxylic acids is 2. The summed E-state index contributed by atoms with van der Waals surface area (Å²) in [5, 5.41) is 6.10. The Hall–Kier alpha value is -1.75. The molecule has 0 spiro atoms. The Bertz CT molecular complexity index is 727. The Morgan fingerprint density at radius 3 is 2.05 bits per heavy atom. The molecule has 2 aromatic rings. The number of amides is 2. The average molecular weight is 358 g/mol. The number of aryl methyl sites for hydroxylation is 1. The highest BCUT2D eigenvalue weighted by Crippen LogP contribution is 2.23. The van der Waals surface area contributed by atoms with E-state index in [0.717, 1.165) is 5.56 Å². The normalized spacial score (nSPS) is 10.2. The van der Waals surface area contributed by atoms with Crippen molar-refractivity contribution in [3.05, 3.63) is 57.0 Å². The Morgan fingerprint density at radius 2 is 1.41 bits per heavy atom. The van der Waals surface area contributed by atoms with E-state index < -0.39 is 11.8 Å². The SMILES string of the molecule is Cc1ccc(Cl)cc1NC(=O)C(=O)Nc1cc(Cl)cc(Cl)c1. The van der Waals surface area contributed by atoms with Gasteiger partial charge >= 0.3 is 11.8 Å². The van der Waals surface area contributed by atoms with Gasteiger partial charge in [0.2, 0.25) is 0 Å². The fraction of sp³-hybridized carbons (Fsp3) is 0.0667. The van der Waals surface area contributed by atoms with Crippen molar-refractivity contribution in [2.75, 3.05) is 10.6 Å². The Balaban J connectivity index is 2.09. The molecular formula is C15H11Cl3N2O2. The van der Waals surface area contributed by atoms with Crippen LogP contribution in [-0.2, 0) is 9.59 Å². The zero-order chi connectivity index (χ0) is 16.3. The first-order valence-electron chi connectivity index (χ1n) is 6.20. The molecule has 7 heteroatoms. The molecule has 0 aromatic heterocycles. The molecule has 0 aliphatic heterocycles. The molecule has 0 atom stereocenters. The Kier molecular flexibility index (Phi) is 5.29. The Morgan fingerprint density at radius 1 is 0.818 bits per heavy atom. The maximum Gasteiger partial charge on any atom is 0.314 e. The molecule has 0 aliphatic rings. The van der Waals surface area contributed by atoms with Crippen LogP contribution in [-0.4, -0.2) is 11.8 Å². The standard InChI is InChI=1S/C15H11Cl3N2O2/c1-8-2-3-9(16)7-13(8)20-15(22)14(21)19-12-5-10(17)4-11(18)6-12/h2-7H,1H3,(H,19,21)(H,20,22). The van der Waals surface area contributed by atoms with Gasteiger partial charge in [-0.1, -0.05) is 40.9 Å². The largest absolute Gasteiger partial charge is 0.318 e. The van der Waals surface area contributed by atoms with Crippen LogP contribution in [0.2, 0.25) is 15.1 Å². The van der Waals surface area contributed by atoms with Crippen LogP contribution in [0.4, 0.5) is 11.4 Å². The van der Waals surface area contributed by atoms with Crippen LogP contribution in [0.3, 0.4) is 0 Å². The van der Waals surface area contributed by atoms with E-state index in [1.54, 1.807) is 25.1 Å². The lowest BCUT2D eigenvalue weighted by Gasteiger charge is -2.09. The van der Waals surface area contributed by atoms with Crippen molar-refractivity contribution < 1.29 is 9.59 Å². The second kappa shape index (κ2) is 7.01. The third-order valence-electron chi connectivity index (χ3n) is 2.77. The predicted molar refractivity (Wildman–Crippen MR) is 89.9 cm³/mol. The van der Waals surface area contributed by atoms with Crippen molar-refractivity contribution >= 4 is 58.0 Å². The van der Waals surface area contributed by atoms with Gasteiger partial charge in [0.25, 0.3) is 0 Å². The minimum Gasteiger partial charge on any atom is -0.318 e. The fourth-order valence-corrected chi connectivity index (χ4v) is 2.42. The summed E-state index contributed by atoms with van der Waals surface area (Å²) < 4.78 is 0. The third kappa shape index (κ3) is 4.37. The molecule has 2 N–H and O–H groups in total. The average Bonchev–Trinajstić information content (AvgIpc) is 2.41. The lowest BCUT2D eigenvalue weighted by molar-refractivity contribution is -0.133. The van der Waals surface area contributed by atoms with Gasteiger partial charge in [-0.05, 0) is 42.8 Å². The van der Waals surface area contributed by atoms with Crippen LogP contribution >= 0.6 is 34.8 Å². The quantitative estimate of drug-likeness (QED) is 0.776. The lowest BCUT2D eigenvalue weighted by Crippen LogP contribution is -2.29. The maximum atomic E-state index is 11.9. The summed E-state index contributed by atoms with van der Waals surface area (Å²) in [6.45, 7) is 1.79. The van der Waals surface area contributed by atoms with Crippen molar-refractivity contribution in [1.29, 1.82) is 0 Å². The predicted octanol–water partition coefficient (Wildman–Crippen LogP) is 4.53. The number of hydrogen-bond acceptors (Lipinski definition) is 2. The van der Waals surface area contributed by atoms with E-state index in [2.05, 4.69) is 10.6 Å². The molecule has 0 saturated carbocycles. The van der Waals surface area contributed by atoms with E-state index in [9.17, 15) is 9.59 Å². The summed E-state index contributed by atoms with van der Waals surface area (Å²) in [7, 11) is 0. The molecule has 2 amide bonds. The van der Waals surface area contributed by atoms with Crippen LogP contribution in [0.25, 0.3) is 0 Å². The van der Waals surface area contributed by atoms with Gasteiger partial charge in [0.1, 0.15) is 0 Å². The number of hydrogen-bond donors (Lipinski definition) is 2. The van der Waals surface area contributed by atoms with Gasteiger partial charge in [-0.15, -0.1) is 0 Å². The smallest absolute Gasteiger partial charge is 0.314 e. The summed E-state index contributed by atoms with van der Waals surface area (Å²) in [6.07, 6.45) is 0. The number of rotatable bonds is 2. The summed E-state index contributed by atoms with van der Waals surface area (Å²) in [5.74, 6) is -1.65. The highest BCUT2D eigenvalue weighted by Gasteiger charge is 2.15. The van der Waals surface area contributed by atoms with Gasteiger partial charge in [-0.2, -0.15) is 0 Å². The first-order chi connectivity index (χ1) is 10.3. The van der Waals surface area contributed by atoms with E-state index in [0.29, 0.717) is 26.4 Å². The highest BCUT2D eigenvalue weighted by molar-refractivity contribution is 6.44. The lowest BCUT2D eigenvalue weighted by atomic mass is 10.2. The molecule has 0 unspecified atom stereocenters. The van der Waals surface area contributed by atoms with E-state index in [4.69, 9.17) is 34.8 Å². The van der Waals surface area contributed by atoms with Gasteiger partial charge in [-0.25, -0.2) is 0 Å². The molecule has 2 aromatic carbocycles. The molecule has 114 valence electrons. The minimum absolute atomic E-state index is 0.334. The first-order valence-corrected chi connectivity index (χ1v) is 7.33. The first kappa shape index (κ1) is 16.6. The molecule has 0 fully saturated rings. The second-order valence-electron chi connectivity index (χ2n) is 4.53. The topological polar surface area (TPSA) is 58.2 Å². The molecule has 0 radical (unpaired) electrons. The van der Waals surface area contributed by atoms with Crippen LogP contribution in [0.1, 0.15) is 5.56 Å². The van der Waals surface area contributed by atoms with E-state index >= 15 is 0 Å². The number of nitrogens with one attached hydrogen (secondary N) is 2. The van der Waals surface area contributed by atoms with Gasteiger partial charge in [0, 0.05) is 26.4 Å². The van der Waals surface area contributed by atoms with Crippen molar-refractivity contribution in [3.63, 3.8) is 0 Å². The highest BCUT2D eigenvalue weighted by atomic mass is 35.5. The van der Waals surface area contributed by atoms with Crippen LogP contribution < -0.4 is 10.6 Å². The zero-order valence-electron chi connectivity index (χ0n) is 11.4. The molecule has 2 rings (SSSR count). The summed E-state index contributed by atoms with van der Waals surface area (Å²) in [4.78, 5) is 23.8. The van der Waals surface area contributed by atoms with Gasteiger partial charge < -0.3 is 10.6 Å². The number of halogens is 3. The maximum absolute atomic E-state index is 11.9. The molecular weight excluding hydrogens is 347 g/mol. The third-order valence-corrected chi connectivity index (χ3v) is 3.45. The minimum atomic E-state index is -0.835. The molecule has 22 heavy (non-hydrogen) atoms.